The Balaban J connectivity index is 1.48. The van der Waals surface area contributed by atoms with Crippen molar-refractivity contribution in [3.8, 4) is 17.2 Å². The molecule has 7 heteroatoms. The van der Waals surface area contributed by atoms with Crippen LogP contribution >= 0.6 is 0 Å². The average Bonchev–Trinajstić information content (AvgIpc) is 2.84. The third-order valence-corrected chi connectivity index (χ3v) is 5.60. The Hall–Kier alpha value is -2.93. The minimum atomic E-state index is -0.131. The second-order valence-corrected chi connectivity index (χ2v) is 7.87. The van der Waals surface area contributed by atoms with Crippen molar-refractivity contribution >= 4 is 11.6 Å². The van der Waals surface area contributed by atoms with Gasteiger partial charge in [-0.25, -0.2) is 0 Å². The van der Waals surface area contributed by atoms with E-state index in [9.17, 15) is 4.79 Å². The van der Waals surface area contributed by atoms with E-state index in [0.717, 1.165) is 39.1 Å². The van der Waals surface area contributed by atoms with Crippen LogP contribution in [0.15, 0.2) is 42.5 Å². The summed E-state index contributed by atoms with van der Waals surface area (Å²) in [5.41, 5.74) is 1.81. The molecular formula is C26H37N3O4. The van der Waals surface area contributed by atoms with Crippen LogP contribution in [0.4, 0.5) is 5.69 Å². The van der Waals surface area contributed by atoms with Gasteiger partial charge in [0.25, 0.3) is 5.91 Å². The Morgan fingerprint density at radius 2 is 1.48 bits per heavy atom. The third-order valence-electron chi connectivity index (χ3n) is 5.60. The number of carbonyl (C=O) groups excluding carboxylic acids is 1. The molecule has 0 radical (unpaired) electrons. The zero-order chi connectivity index (χ0) is 23.5. The number of nitrogens with one attached hydrogen (secondary N) is 1. The number of amides is 1. The predicted molar refractivity (Wildman–Crippen MR) is 132 cm³/mol. The van der Waals surface area contributed by atoms with E-state index in [2.05, 4.69) is 45.4 Å². The maximum atomic E-state index is 12.8. The van der Waals surface area contributed by atoms with Crippen LogP contribution in [0.2, 0.25) is 0 Å². The van der Waals surface area contributed by atoms with Gasteiger partial charge in [0.1, 0.15) is 0 Å². The molecule has 0 saturated carbocycles. The normalized spacial score (nSPS) is 14.1. The van der Waals surface area contributed by atoms with E-state index >= 15 is 0 Å². The number of hydrogen-bond donors (Lipinski definition) is 1. The molecule has 1 saturated heterocycles. The molecule has 1 heterocycles. The fourth-order valence-electron chi connectivity index (χ4n) is 3.99. The molecule has 1 aliphatic rings. The largest absolute Gasteiger partial charge is 0.490 e. The molecule has 7 nitrogen and oxygen atoms in total. The first kappa shape index (κ1) is 24.7. The molecule has 1 amide bonds. The van der Waals surface area contributed by atoms with Crippen LogP contribution in [-0.2, 0) is 0 Å². The van der Waals surface area contributed by atoms with Crippen molar-refractivity contribution in [2.24, 2.45) is 0 Å². The molecule has 180 valence electrons. The number of anilines is 1. The highest BCUT2D eigenvalue weighted by molar-refractivity contribution is 5.95. The lowest BCUT2D eigenvalue weighted by Crippen LogP contribution is -2.47. The third kappa shape index (κ3) is 7.02. The minimum Gasteiger partial charge on any atom is -0.490 e. The second-order valence-electron chi connectivity index (χ2n) is 7.87. The van der Waals surface area contributed by atoms with Crippen LogP contribution in [-0.4, -0.2) is 69.9 Å². The Kier molecular flexibility index (Phi) is 9.69. The zero-order valence-corrected chi connectivity index (χ0v) is 20.1. The highest BCUT2D eigenvalue weighted by Gasteiger charge is 2.19. The summed E-state index contributed by atoms with van der Waals surface area (Å²) in [5, 5.41) is 3.04. The van der Waals surface area contributed by atoms with Gasteiger partial charge in [-0.1, -0.05) is 18.2 Å². The summed E-state index contributed by atoms with van der Waals surface area (Å²) in [4.78, 5) is 17.7. The van der Waals surface area contributed by atoms with E-state index in [-0.39, 0.29) is 5.91 Å². The van der Waals surface area contributed by atoms with Gasteiger partial charge in [0.05, 0.1) is 19.8 Å². The summed E-state index contributed by atoms with van der Waals surface area (Å²) >= 11 is 0. The van der Waals surface area contributed by atoms with Crippen LogP contribution in [0.1, 0.15) is 37.6 Å². The van der Waals surface area contributed by atoms with Crippen LogP contribution in [0.25, 0.3) is 0 Å². The van der Waals surface area contributed by atoms with Gasteiger partial charge in [0.15, 0.2) is 11.5 Å². The number of nitrogens with zero attached hydrogens (tertiary/aromatic N) is 2. The number of carbonyl (C=O) groups is 1. The summed E-state index contributed by atoms with van der Waals surface area (Å²) in [5.74, 6) is 1.49. The Morgan fingerprint density at radius 1 is 0.879 bits per heavy atom. The van der Waals surface area contributed by atoms with E-state index in [1.807, 2.05) is 20.8 Å². The van der Waals surface area contributed by atoms with Gasteiger partial charge in [-0.2, -0.15) is 0 Å². The number of para-hydroxylation sites is 1. The molecule has 1 aliphatic heterocycles. The topological polar surface area (TPSA) is 63.3 Å². The van der Waals surface area contributed by atoms with Crippen molar-refractivity contribution in [1.29, 1.82) is 0 Å². The zero-order valence-electron chi connectivity index (χ0n) is 20.1. The fourth-order valence-corrected chi connectivity index (χ4v) is 3.99. The van der Waals surface area contributed by atoms with E-state index < -0.39 is 0 Å². The second kappa shape index (κ2) is 12.9. The van der Waals surface area contributed by atoms with E-state index in [1.165, 1.54) is 5.69 Å². The summed E-state index contributed by atoms with van der Waals surface area (Å²) < 4.78 is 17.2. The molecule has 0 unspecified atom stereocenters. The lowest BCUT2D eigenvalue weighted by Gasteiger charge is -2.36. The Labute approximate surface area is 197 Å². The first-order valence-corrected chi connectivity index (χ1v) is 12.0. The molecule has 0 bridgehead atoms. The molecule has 0 aromatic heterocycles. The van der Waals surface area contributed by atoms with Crippen LogP contribution in [0.5, 0.6) is 17.2 Å². The summed E-state index contributed by atoms with van der Waals surface area (Å²) in [7, 11) is 0. The van der Waals surface area contributed by atoms with E-state index in [4.69, 9.17) is 14.2 Å². The number of rotatable bonds is 12. The van der Waals surface area contributed by atoms with Gasteiger partial charge < -0.3 is 24.4 Å². The minimum absolute atomic E-state index is 0.131. The van der Waals surface area contributed by atoms with E-state index in [0.29, 0.717) is 49.2 Å². The standard InChI is InChI=1S/C26H37N3O4/c1-4-31-23-19-21(20-24(32-5-2)25(23)33-6-3)26(30)27-13-10-14-28-15-17-29(18-16-28)22-11-8-7-9-12-22/h7-9,11-12,19-20H,4-6,10,13-18H2,1-3H3,(H,27,30). The molecule has 1 N–H and O–H groups in total. The molecule has 2 aromatic rings. The van der Waals surface area contributed by atoms with Crippen molar-refractivity contribution in [3.05, 3.63) is 48.0 Å². The van der Waals surface area contributed by atoms with Crippen molar-refractivity contribution in [1.82, 2.24) is 10.2 Å². The molecule has 0 atom stereocenters. The molecule has 1 fully saturated rings. The Bertz CT molecular complexity index is 840. The van der Waals surface area contributed by atoms with Gasteiger partial charge in [-0.3, -0.25) is 9.69 Å². The maximum absolute atomic E-state index is 12.8. The highest BCUT2D eigenvalue weighted by Crippen LogP contribution is 2.39. The highest BCUT2D eigenvalue weighted by atomic mass is 16.5. The molecule has 3 rings (SSSR count). The molecule has 0 spiro atoms. The first-order chi connectivity index (χ1) is 16.2. The molecule has 0 aliphatic carbocycles. The number of piperazine rings is 1. The van der Waals surface area contributed by atoms with Crippen molar-refractivity contribution < 1.29 is 19.0 Å². The van der Waals surface area contributed by atoms with Crippen molar-refractivity contribution in [2.75, 3.05) is 64.0 Å². The summed E-state index contributed by atoms with van der Waals surface area (Å²) in [6.07, 6.45) is 0.907. The smallest absolute Gasteiger partial charge is 0.251 e. The van der Waals surface area contributed by atoms with Crippen LogP contribution in [0, 0.1) is 0 Å². The molecule has 2 aromatic carbocycles. The summed E-state index contributed by atoms with van der Waals surface area (Å²) in [6.45, 7) is 12.9. The first-order valence-electron chi connectivity index (χ1n) is 12.0. The fraction of sp³-hybridized carbons (Fsp3) is 0.500. The summed E-state index contributed by atoms with van der Waals surface area (Å²) in [6, 6.07) is 14.0. The van der Waals surface area contributed by atoms with Gasteiger partial charge in [0, 0.05) is 44.0 Å². The number of ether oxygens (including phenoxy) is 3. The van der Waals surface area contributed by atoms with Crippen LogP contribution in [0.3, 0.4) is 0 Å². The van der Waals surface area contributed by atoms with Crippen molar-refractivity contribution in [3.63, 3.8) is 0 Å². The van der Waals surface area contributed by atoms with Gasteiger partial charge in [-0.15, -0.1) is 0 Å². The number of hydrogen-bond acceptors (Lipinski definition) is 6. The lowest BCUT2D eigenvalue weighted by atomic mass is 10.1. The lowest BCUT2D eigenvalue weighted by molar-refractivity contribution is 0.0950. The Morgan fingerprint density at radius 3 is 2.06 bits per heavy atom. The van der Waals surface area contributed by atoms with Crippen molar-refractivity contribution in [2.45, 2.75) is 27.2 Å². The SMILES string of the molecule is CCOc1cc(C(=O)NCCCN2CCN(c3ccccc3)CC2)cc(OCC)c1OCC. The predicted octanol–water partition coefficient (Wildman–Crippen LogP) is 3.82. The maximum Gasteiger partial charge on any atom is 0.251 e. The average molecular weight is 456 g/mol. The van der Waals surface area contributed by atoms with Gasteiger partial charge in [0.2, 0.25) is 5.75 Å². The quantitative estimate of drug-likeness (QED) is 0.491. The van der Waals surface area contributed by atoms with Crippen LogP contribution < -0.4 is 24.4 Å². The van der Waals surface area contributed by atoms with Gasteiger partial charge in [-0.05, 0) is 58.0 Å². The monoisotopic (exact) mass is 455 g/mol. The van der Waals surface area contributed by atoms with Gasteiger partial charge >= 0.3 is 0 Å². The number of benzene rings is 2. The molecule has 33 heavy (non-hydrogen) atoms. The van der Waals surface area contributed by atoms with E-state index in [1.54, 1.807) is 12.1 Å². The molecular weight excluding hydrogens is 418 g/mol.